The van der Waals surface area contributed by atoms with E-state index in [1.807, 2.05) is 6.08 Å². The van der Waals surface area contributed by atoms with E-state index in [1.165, 1.54) is 11.1 Å². The topological polar surface area (TPSA) is 24.5 Å². The van der Waals surface area contributed by atoms with Crippen molar-refractivity contribution >= 4 is 12.4 Å². The number of hydrogen-bond acceptors (Lipinski definition) is 3. The van der Waals surface area contributed by atoms with Gasteiger partial charge in [0.1, 0.15) is 5.75 Å². The van der Waals surface area contributed by atoms with Crippen LogP contribution in [0.5, 0.6) is 5.75 Å². The lowest BCUT2D eigenvalue weighted by Gasteiger charge is -2.12. The number of aryl methyl sites for hydroxylation is 1. The SMILES string of the molecule is C=CCc1cc(C)ccc1OCCCNCCN(C)C.Cl. The number of likely N-dealkylation sites (N-methyl/N-ethyl adjacent to an activating group) is 1. The smallest absolute Gasteiger partial charge is 0.122 e. The van der Waals surface area contributed by atoms with Crippen LogP contribution in [0.4, 0.5) is 0 Å². The second kappa shape index (κ2) is 11.6. The Morgan fingerprint density at radius 1 is 1.29 bits per heavy atom. The molecule has 0 unspecified atom stereocenters. The van der Waals surface area contributed by atoms with Crippen molar-refractivity contribution in [2.24, 2.45) is 0 Å². The molecule has 0 radical (unpaired) electrons. The number of nitrogens with zero attached hydrogens (tertiary/aromatic N) is 1. The lowest BCUT2D eigenvalue weighted by molar-refractivity contribution is 0.303. The first-order chi connectivity index (χ1) is 9.63. The molecule has 0 aliphatic heterocycles. The Balaban J connectivity index is 0.00000400. The minimum absolute atomic E-state index is 0. The summed E-state index contributed by atoms with van der Waals surface area (Å²) in [5, 5.41) is 3.41. The Morgan fingerprint density at radius 3 is 2.71 bits per heavy atom. The van der Waals surface area contributed by atoms with E-state index in [0.717, 1.165) is 44.8 Å². The standard InChI is InChI=1S/C17H28N2O.ClH/c1-5-7-16-14-15(2)8-9-17(16)20-13-6-10-18-11-12-19(3)4;/h5,8-9,14,18H,1,6-7,10-13H2,2-4H3;1H. The third-order valence-electron chi connectivity index (χ3n) is 3.07. The largest absolute Gasteiger partial charge is 0.493 e. The molecule has 0 saturated heterocycles. The molecule has 3 nitrogen and oxygen atoms in total. The zero-order valence-corrected chi connectivity index (χ0v) is 14.3. The molecule has 0 fully saturated rings. The molecule has 0 aromatic heterocycles. The monoisotopic (exact) mass is 312 g/mol. The van der Waals surface area contributed by atoms with Crippen molar-refractivity contribution in [1.82, 2.24) is 10.2 Å². The summed E-state index contributed by atoms with van der Waals surface area (Å²) >= 11 is 0. The number of hydrogen-bond donors (Lipinski definition) is 1. The number of allylic oxidation sites excluding steroid dienone is 1. The molecular formula is C17H29ClN2O. The van der Waals surface area contributed by atoms with Gasteiger partial charge in [-0.05, 0) is 52.0 Å². The second-order valence-electron chi connectivity index (χ2n) is 5.36. The summed E-state index contributed by atoms with van der Waals surface area (Å²) in [4.78, 5) is 2.18. The van der Waals surface area contributed by atoms with Crippen molar-refractivity contribution in [3.8, 4) is 5.75 Å². The lowest BCUT2D eigenvalue weighted by Crippen LogP contribution is -2.27. The molecule has 21 heavy (non-hydrogen) atoms. The van der Waals surface area contributed by atoms with Crippen LogP contribution in [0, 0.1) is 6.92 Å². The van der Waals surface area contributed by atoms with E-state index < -0.39 is 0 Å². The summed E-state index contributed by atoms with van der Waals surface area (Å²) < 4.78 is 5.87. The number of ether oxygens (including phenoxy) is 1. The molecule has 0 spiro atoms. The maximum absolute atomic E-state index is 5.87. The molecule has 0 atom stereocenters. The summed E-state index contributed by atoms with van der Waals surface area (Å²) in [7, 11) is 4.17. The summed E-state index contributed by atoms with van der Waals surface area (Å²) in [6, 6.07) is 6.33. The number of halogens is 1. The molecule has 1 aromatic carbocycles. The van der Waals surface area contributed by atoms with Crippen molar-refractivity contribution in [3.63, 3.8) is 0 Å². The quantitative estimate of drug-likeness (QED) is 0.531. The maximum Gasteiger partial charge on any atom is 0.122 e. The van der Waals surface area contributed by atoms with Gasteiger partial charge in [-0.1, -0.05) is 23.8 Å². The van der Waals surface area contributed by atoms with Gasteiger partial charge in [-0.15, -0.1) is 19.0 Å². The number of benzene rings is 1. The van der Waals surface area contributed by atoms with E-state index in [0.29, 0.717) is 0 Å². The molecule has 1 rings (SSSR count). The summed E-state index contributed by atoms with van der Waals surface area (Å²) in [5.74, 6) is 0.990. The zero-order valence-electron chi connectivity index (χ0n) is 13.5. The van der Waals surface area contributed by atoms with Gasteiger partial charge in [-0.2, -0.15) is 0 Å². The Kier molecular flexibility index (Phi) is 11.0. The van der Waals surface area contributed by atoms with Crippen LogP contribution < -0.4 is 10.1 Å². The first-order valence-electron chi connectivity index (χ1n) is 7.32. The summed E-state index contributed by atoms with van der Waals surface area (Å²) in [6.07, 6.45) is 3.80. The minimum atomic E-state index is 0. The predicted octanol–water partition coefficient (Wildman–Crippen LogP) is 3.07. The third kappa shape index (κ3) is 8.76. The highest BCUT2D eigenvalue weighted by atomic mass is 35.5. The summed E-state index contributed by atoms with van der Waals surface area (Å²) in [5.41, 5.74) is 2.49. The van der Waals surface area contributed by atoms with Gasteiger partial charge >= 0.3 is 0 Å². The molecule has 0 aliphatic rings. The van der Waals surface area contributed by atoms with Crippen LogP contribution in [0.25, 0.3) is 0 Å². The fourth-order valence-corrected chi connectivity index (χ4v) is 1.97. The molecule has 4 heteroatoms. The van der Waals surface area contributed by atoms with Crippen molar-refractivity contribution in [2.75, 3.05) is 40.3 Å². The van der Waals surface area contributed by atoms with Gasteiger partial charge in [0.25, 0.3) is 0 Å². The Labute approximate surface area is 135 Å². The van der Waals surface area contributed by atoms with E-state index in [9.17, 15) is 0 Å². The van der Waals surface area contributed by atoms with Gasteiger partial charge in [0.2, 0.25) is 0 Å². The van der Waals surface area contributed by atoms with Gasteiger partial charge in [0.15, 0.2) is 0 Å². The van der Waals surface area contributed by atoms with E-state index in [2.05, 4.69) is 56.0 Å². The Bertz CT molecular complexity index is 408. The van der Waals surface area contributed by atoms with Crippen LogP contribution in [0.2, 0.25) is 0 Å². The van der Waals surface area contributed by atoms with Crippen LogP contribution in [0.15, 0.2) is 30.9 Å². The first-order valence-corrected chi connectivity index (χ1v) is 7.32. The van der Waals surface area contributed by atoms with Crippen molar-refractivity contribution < 1.29 is 4.74 Å². The highest BCUT2D eigenvalue weighted by Crippen LogP contribution is 2.21. The average Bonchev–Trinajstić information content (AvgIpc) is 2.40. The van der Waals surface area contributed by atoms with E-state index in [4.69, 9.17) is 4.74 Å². The normalized spacial score (nSPS) is 10.3. The molecule has 0 aliphatic carbocycles. The lowest BCUT2D eigenvalue weighted by atomic mass is 10.1. The Morgan fingerprint density at radius 2 is 2.05 bits per heavy atom. The van der Waals surface area contributed by atoms with Gasteiger partial charge in [-0.25, -0.2) is 0 Å². The fourth-order valence-electron chi connectivity index (χ4n) is 1.97. The van der Waals surface area contributed by atoms with Crippen LogP contribution in [-0.2, 0) is 6.42 Å². The minimum Gasteiger partial charge on any atom is -0.493 e. The molecular weight excluding hydrogens is 284 g/mol. The fraction of sp³-hybridized carbons (Fsp3) is 0.529. The first kappa shape index (κ1) is 20.0. The molecule has 0 heterocycles. The molecule has 0 amide bonds. The van der Waals surface area contributed by atoms with Gasteiger partial charge in [0, 0.05) is 13.1 Å². The van der Waals surface area contributed by atoms with Crippen molar-refractivity contribution in [2.45, 2.75) is 19.8 Å². The van der Waals surface area contributed by atoms with Gasteiger partial charge in [0.05, 0.1) is 6.61 Å². The van der Waals surface area contributed by atoms with E-state index >= 15 is 0 Å². The third-order valence-corrected chi connectivity index (χ3v) is 3.07. The average molecular weight is 313 g/mol. The number of nitrogens with one attached hydrogen (secondary N) is 1. The highest BCUT2D eigenvalue weighted by molar-refractivity contribution is 5.85. The summed E-state index contributed by atoms with van der Waals surface area (Å²) in [6.45, 7) is 9.75. The Hall–Kier alpha value is -1.03. The molecule has 1 N–H and O–H groups in total. The second-order valence-corrected chi connectivity index (χ2v) is 5.36. The molecule has 0 saturated carbocycles. The van der Waals surface area contributed by atoms with Crippen molar-refractivity contribution in [1.29, 1.82) is 0 Å². The van der Waals surface area contributed by atoms with Crippen LogP contribution in [0.3, 0.4) is 0 Å². The highest BCUT2D eigenvalue weighted by Gasteiger charge is 2.02. The van der Waals surface area contributed by atoms with E-state index in [-0.39, 0.29) is 12.4 Å². The van der Waals surface area contributed by atoms with E-state index in [1.54, 1.807) is 0 Å². The molecule has 0 bridgehead atoms. The van der Waals surface area contributed by atoms with Crippen LogP contribution in [0.1, 0.15) is 17.5 Å². The maximum atomic E-state index is 5.87. The van der Waals surface area contributed by atoms with Crippen molar-refractivity contribution in [3.05, 3.63) is 42.0 Å². The van der Waals surface area contributed by atoms with Gasteiger partial charge < -0.3 is 15.0 Å². The van der Waals surface area contributed by atoms with Crippen LogP contribution >= 0.6 is 12.4 Å². The van der Waals surface area contributed by atoms with Gasteiger partial charge in [-0.3, -0.25) is 0 Å². The number of rotatable bonds is 10. The molecule has 1 aromatic rings. The zero-order chi connectivity index (χ0) is 14.8. The predicted molar refractivity (Wildman–Crippen MR) is 93.9 cm³/mol. The van der Waals surface area contributed by atoms with Crippen LogP contribution in [-0.4, -0.2) is 45.2 Å². The molecule has 120 valence electrons.